The molecular formula is C44H78O14P2. The van der Waals surface area contributed by atoms with Crippen molar-refractivity contribution in [2.24, 2.45) is 0 Å². The van der Waals surface area contributed by atoms with Gasteiger partial charge in [0.25, 0.3) is 0 Å². The molecule has 0 aromatic heterocycles. The molecule has 0 radical (unpaired) electrons. The molecule has 4 N–H and O–H groups in total. The predicted octanol–water partition coefficient (Wildman–Crippen LogP) is 10.4. The first-order valence-corrected chi connectivity index (χ1v) is 25.5. The van der Waals surface area contributed by atoms with Crippen molar-refractivity contribution >= 4 is 27.6 Å². The van der Waals surface area contributed by atoms with Gasteiger partial charge in [0.15, 0.2) is 6.10 Å². The van der Waals surface area contributed by atoms with Gasteiger partial charge >= 0.3 is 27.6 Å². The first kappa shape index (κ1) is 56.1. The Bertz CT molecular complexity index is 1310. The molecule has 5 atom stereocenters. The number of hydrogen-bond acceptors (Lipinski definition) is 11. The van der Waals surface area contributed by atoms with Crippen molar-refractivity contribution in [1.29, 1.82) is 0 Å². The molecular weight excluding hydrogens is 814 g/mol. The average Bonchev–Trinajstić information content (AvgIpc) is 3.96. The summed E-state index contributed by atoms with van der Waals surface area (Å²) in [5.41, 5.74) is 0. The highest BCUT2D eigenvalue weighted by molar-refractivity contribution is 7.47. The van der Waals surface area contributed by atoms with Crippen molar-refractivity contribution in [2.45, 2.75) is 192 Å². The van der Waals surface area contributed by atoms with Gasteiger partial charge in [-0.1, -0.05) is 127 Å². The number of ether oxygens (including phenoxy) is 3. The lowest BCUT2D eigenvalue weighted by molar-refractivity contribution is -0.161. The minimum Gasteiger partial charge on any atom is -0.462 e. The molecule has 0 spiro atoms. The summed E-state index contributed by atoms with van der Waals surface area (Å²) in [4.78, 5) is 52.8. The van der Waals surface area contributed by atoms with Gasteiger partial charge in [-0.3, -0.25) is 23.2 Å². The topological polar surface area (TPSA) is 208 Å². The molecule has 0 saturated carbocycles. The average molecular weight is 893 g/mol. The number of carbonyl (C=O) groups is 2. The number of hydrogen-bond donors (Lipinski definition) is 4. The van der Waals surface area contributed by atoms with E-state index in [1.807, 2.05) is 12.2 Å². The maximum atomic E-state index is 12.7. The van der Waals surface area contributed by atoms with Crippen molar-refractivity contribution in [3.05, 3.63) is 48.6 Å². The first-order valence-electron chi connectivity index (χ1n) is 22.5. The van der Waals surface area contributed by atoms with Crippen molar-refractivity contribution < 1.29 is 66.3 Å². The van der Waals surface area contributed by atoms with Crippen LogP contribution < -0.4 is 0 Å². The Balaban J connectivity index is 2.41. The molecule has 16 heteroatoms. The Kier molecular flexibility index (Phi) is 34.1. The van der Waals surface area contributed by atoms with Crippen molar-refractivity contribution in [1.82, 2.24) is 0 Å². The van der Waals surface area contributed by atoms with Crippen LogP contribution >= 0.6 is 15.6 Å². The smallest absolute Gasteiger partial charge is 0.462 e. The lowest BCUT2D eigenvalue weighted by Gasteiger charge is -2.20. The van der Waals surface area contributed by atoms with Crippen LogP contribution in [0.2, 0.25) is 0 Å². The molecule has 1 fully saturated rings. The first-order chi connectivity index (χ1) is 28.8. The van der Waals surface area contributed by atoms with Gasteiger partial charge in [-0.2, -0.15) is 0 Å². The maximum Gasteiger partial charge on any atom is 0.472 e. The zero-order valence-electron chi connectivity index (χ0n) is 36.5. The third kappa shape index (κ3) is 36.7. The normalized spacial score (nSPS) is 17.8. The molecule has 348 valence electrons. The quantitative estimate of drug-likeness (QED) is 0.0148. The van der Waals surface area contributed by atoms with Gasteiger partial charge < -0.3 is 34.0 Å². The number of aliphatic hydroxyl groups is 1. The summed E-state index contributed by atoms with van der Waals surface area (Å²) in [6.45, 7) is 1.64. The number of phosphoric acid groups is 2. The Hall–Kier alpha value is -1.96. The minimum absolute atomic E-state index is 0.0448. The zero-order chi connectivity index (χ0) is 44.2. The molecule has 1 aliphatic heterocycles. The number of carbonyl (C=O) groups excluding carboxylic acids is 2. The summed E-state index contributed by atoms with van der Waals surface area (Å²) in [7, 11) is -9.70. The SMILES string of the molecule is CCCCC/C=C\C/C=C\CC1OC1C/C=C\CCCC(=O)O[C@H](COC(=O)CCCCCCC/C=C\CCCCCCCC)COP(=O)(O)OC[C@@H](O)COP(=O)(O)O. The third-order valence-corrected chi connectivity index (χ3v) is 11.0. The van der Waals surface area contributed by atoms with Gasteiger partial charge in [0.1, 0.15) is 12.7 Å². The second kappa shape index (κ2) is 36.5. The Labute approximate surface area is 360 Å². The summed E-state index contributed by atoms with van der Waals surface area (Å²) >= 11 is 0. The van der Waals surface area contributed by atoms with E-state index >= 15 is 0 Å². The Morgan fingerprint density at radius 3 is 1.68 bits per heavy atom. The van der Waals surface area contributed by atoms with Crippen LogP contribution in [-0.2, 0) is 46.5 Å². The molecule has 1 heterocycles. The maximum absolute atomic E-state index is 12.7. The summed E-state index contributed by atoms with van der Waals surface area (Å²) in [6.07, 6.45) is 38.4. The van der Waals surface area contributed by atoms with Crippen LogP contribution in [0.4, 0.5) is 0 Å². The molecule has 0 amide bonds. The predicted molar refractivity (Wildman–Crippen MR) is 234 cm³/mol. The minimum atomic E-state index is -4.87. The number of esters is 2. The molecule has 60 heavy (non-hydrogen) atoms. The fraction of sp³-hybridized carbons (Fsp3) is 0.773. The highest BCUT2D eigenvalue weighted by Crippen LogP contribution is 2.44. The standard InChI is InChI=1S/C44H78O14P2/c1-3-5-7-9-11-13-14-15-16-17-18-20-22-24-29-33-43(46)53-37-40(38-56-60(51,52)55-36-39(45)35-54-59(48,49)50)57-44(47)34-30-26-25-28-32-42-41(58-42)31-27-23-21-19-12-10-8-6-4-2/h12,15-16,19,23,25,27-28,39-42,45H,3-11,13-14,17-18,20-22,24,26,29-38H2,1-2H3,(H,51,52)(H2,48,49,50)/b16-15-,19-12-,27-23-,28-25-/t39-,40+,41?,42?/m0/s1. The summed E-state index contributed by atoms with van der Waals surface area (Å²) in [5.74, 6) is -1.11. The van der Waals surface area contributed by atoms with E-state index in [1.54, 1.807) is 0 Å². The molecule has 14 nitrogen and oxygen atoms in total. The van der Waals surface area contributed by atoms with E-state index in [2.05, 4.69) is 59.4 Å². The molecule has 0 aromatic rings. The fourth-order valence-electron chi connectivity index (χ4n) is 6.02. The van der Waals surface area contributed by atoms with Crippen molar-refractivity contribution in [3.8, 4) is 0 Å². The van der Waals surface area contributed by atoms with Crippen LogP contribution in [0.15, 0.2) is 48.6 Å². The van der Waals surface area contributed by atoms with Crippen molar-refractivity contribution in [3.63, 3.8) is 0 Å². The van der Waals surface area contributed by atoms with E-state index in [9.17, 15) is 28.7 Å². The van der Waals surface area contributed by atoms with Crippen LogP contribution in [0.25, 0.3) is 0 Å². The highest BCUT2D eigenvalue weighted by Gasteiger charge is 2.36. The lowest BCUT2D eigenvalue weighted by atomic mass is 10.1. The van der Waals surface area contributed by atoms with Gasteiger partial charge in [0.2, 0.25) is 0 Å². The fourth-order valence-corrected chi connectivity index (χ4v) is 7.18. The summed E-state index contributed by atoms with van der Waals surface area (Å²) in [6, 6.07) is 0. The van der Waals surface area contributed by atoms with E-state index in [0.717, 1.165) is 64.2 Å². The van der Waals surface area contributed by atoms with Gasteiger partial charge in [0, 0.05) is 12.8 Å². The molecule has 3 unspecified atom stereocenters. The largest absolute Gasteiger partial charge is 0.472 e. The van der Waals surface area contributed by atoms with Gasteiger partial charge in [-0.05, 0) is 77.0 Å². The molecule has 1 saturated heterocycles. The van der Waals surface area contributed by atoms with E-state index in [1.165, 1.54) is 57.8 Å². The van der Waals surface area contributed by atoms with Gasteiger partial charge in [0.05, 0.1) is 32.0 Å². The van der Waals surface area contributed by atoms with Crippen LogP contribution in [0, 0.1) is 0 Å². The van der Waals surface area contributed by atoms with E-state index in [0.29, 0.717) is 19.3 Å². The Morgan fingerprint density at radius 1 is 0.567 bits per heavy atom. The second-order valence-corrected chi connectivity index (χ2v) is 18.0. The number of epoxide rings is 1. The summed E-state index contributed by atoms with van der Waals surface area (Å²) < 4.78 is 53.5. The van der Waals surface area contributed by atoms with Crippen LogP contribution in [0.1, 0.15) is 168 Å². The molecule has 0 aromatic carbocycles. The number of unbranched alkanes of at least 4 members (excludes halogenated alkanes) is 15. The molecule has 0 bridgehead atoms. The molecule has 1 aliphatic rings. The van der Waals surface area contributed by atoms with E-state index < -0.39 is 66.2 Å². The molecule has 1 rings (SSSR count). The van der Waals surface area contributed by atoms with Crippen LogP contribution in [0.5, 0.6) is 0 Å². The van der Waals surface area contributed by atoms with Crippen molar-refractivity contribution in [2.75, 3.05) is 26.4 Å². The van der Waals surface area contributed by atoms with Crippen LogP contribution in [-0.4, -0.2) is 82.6 Å². The zero-order valence-corrected chi connectivity index (χ0v) is 38.3. The highest BCUT2D eigenvalue weighted by atomic mass is 31.2. The third-order valence-electron chi connectivity index (χ3n) is 9.58. The monoisotopic (exact) mass is 892 g/mol. The number of rotatable bonds is 41. The summed E-state index contributed by atoms with van der Waals surface area (Å²) in [5, 5.41) is 9.75. The van der Waals surface area contributed by atoms with Gasteiger partial charge in [-0.15, -0.1) is 0 Å². The second-order valence-electron chi connectivity index (χ2n) is 15.4. The Morgan fingerprint density at radius 2 is 1.03 bits per heavy atom. The van der Waals surface area contributed by atoms with Gasteiger partial charge in [-0.25, -0.2) is 9.13 Å². The van der Waals surface area contributed by atoms with Crippen LogP contribution in [0.3, 0.4) is 0 Å². The number of allylic oxidation sites excluding steroid dienone is 6. The number of phosphoric ester groups is 2. The van der Waals surface area contributed by atoms with E-state index in [-0.39, 0.29) is 25.0 Å². The molecule has 0 aliphatic carbocycles. The number of aliphatic hydroxyl groups excluding tert-OH is 1. The van der Waals surface area contributed by atoms with E-state index in [4.69, 9.17) is 28.5 Å². The lowest BCUT2D eigenvalue weighted by Crippen LogP contribution is -2.29.